The largest absolute Gasteiger partial charge is 0.307 e. The fraction of sp³-hybridized carbons (Fsp3) is 0.0909. The molecule has 0 fully saturated rings. The fourth-order valence-corrected chi connectivity index (χ4v) is 1.49. The van der Waals surface area contributed by atoms with Gasteiger partial charge in [0.2, 0.25) is 0 Å². The molecule has 0 saturated heterocycles. The highest BCUT2D eigenvalue weighted by Gasteiger charge is 2.01. The minimum Gasteiger partial charge on any atom is -0.307 e. The zero-order valence-electron chi connectivity index (χ0n) is 7.93. The summed E-state index contributed by atoms with van der Waals surface area (Å²) in [5.74, 6) is 0. The molecule has 0 radical (unpaired) electrons. The normalized spacial score (nSPS) is 10.2. The van der Waals surface area contributed by atoms with E-state index in [0.29, 0.717) is 6.54 Å². The molecule has 0 spiro atoms. The van der Waals surface area contributed by atoms with Crippen LogP contribution in [-0.2, 0) is 6.54 Å². The molecular formula is C11H9ClN2O. The first-order valence-electron chi connectivity index (χ1n) is 4.52. The molecule has 0 N–H and O–H groups in total. The smallest absolute Gasteiger partial charge is 0.288 e. The first-order valence-corrected chi connectivity index (χ1v) is 4.90. The van der Waals surface area contributed by atoms with E-state index in [1.165, 1.54) is 10.8 Å². The maximum Gasteiger partial charge on any atom is 0.288 e. The van der Waals surface area contributed by atoms with Gasteiger partial charge in [0.15, 0.2) is 5.15 Å². The Morgan fingerprint density at radius 3 is 2.73 bits per heavy atom. The molecule has 1 aromatic carbocycles. The second-order valence-electron chi connectivity index (χ2n) is 3.14. The van der Waals surface area contributed by atoms with E-state index >= 15 is 0 Å². The highest BCUT2D eigenvalue weighted by atomic mass is 35.5. The minimum absolute atomic E-state index is 0.00781. The van der Waals surface area contributed by atoms with Gasteiger partial charge >= 0.3 is 0 Å². The first-order chi connectivity index (χ1) is 7.27. The topological polar surface area (TPSA) is 34.9 Å². The van der Waals surface area contributed by atoms with Gasteiger partial charge in [0.05, 0.1) is 6.54 Å². The third kappa shape index (κ3) is 2.25. The van der Waals surface area contributed by atoms with Crippen LogP contribution in [0.2, 0.25) is 5.15 Å². The monoisotopic (exact) mass is 220 g/mol. The predicted octanol–water partition coefficient (Wildman–Crippen LogP) is 1.95. The summed E-state index contributed by atoms with van der Waals surface area (Å²) < 4.78 is 1.53. The molecule has 0 atom stereocenters. The minimum atomic E-state index is -0.261. The number of benzene rings is 1. The molecule has 2 aromatic rings. The van der Waals surface area contributed by atoms with Crippen LogP contribution in [0.3, 0.4) is 0 Å². The van der Waals surface area contributed by atoms with Gasteiger partial charge in [-0.1, -0.05) is 41.9 Å². The summed E-state index contributed by atoms with van der Waals surface area (Å²) in [4.78, 5) is 15.3. The summed E-state index contributed by atoms with van der Waals surface area (Å²) in [5.41, 5.74) is 0.796. The maximum absolute atomic E-state index is 11.5. The van der Waals surface area contributed by atoms with E-state index in [1.807, 2.05) is 30.3 Å². The van der Waals surface area contributed by atoms with Gasteiger partial charge in [-0.25, -0.2) is 4.98 Å². The molecule has 4 heteroatoms. The molecular weight excluding hydrogens is 212 g/mol. The lowest BCUT2D eigenvalue weighted by atomic mass is 10.2. The Balaban J connectivity index is 2.33. The van der Waals surface area contributed by atoms with Gasteiger partial charge in [0.1, 0.15) is 0 Å². The lowest BCUT2D eigenvalue weighted by molar-refractivity contribution is 0.748. The Morgan fingerprint density at radius 1 is 1.27 bits per heavy atom. The van der Waals surface area contributed by atoms with Crippen LogP contribution in [0, 0.1) is 0 Å². The van der Waals surface area contributed by atoms with E-state index in [-0.39, 0.29) is 10.7 Å². The lowest BCUT2D eigenvalue weighted by Gasteiger charge is -2.04. The van der Waals surface area contributed by atoms with E-state index in [4.69, 9.17) is 11.6 Å². The molecule has 15 heavy (non-hydrogen) atoms. The number of halogens is 1. The summed E-state index contributed by atoms with van der Waals surface area (Å²) in [6.45, 7) is 0.516. The quantitative estimate of drug-likeness (QED) is 0.776. The van der Waals surface area contributed by atoms with E-state index in [0.717, 1.165) is 5.56 Å². The average molecular weight is 221 g/mol. The number of hydrogen-bond acceptors (Lipinski definition) is 2. The molecule has 0 bridgehead atoms. The average Bonchev–Trinajstić information content (AvgIpc) is 2.26. The molecule has 2 rings (SSSR count). The van der Waals surface area contributed by atoms with Gasteiger partial charge in [-0.15, -0.1) is 0 Å². The van der Waals surface area contributed by atoms with E-state index in [2.05, 4.69) is 4.98 Å². The van der Waals surface area contributed by atoms with Gasteiger partial charge in [0, 0.05) is 12.4 Å². The fourth-order valence-electron chi connectivity index (χ4n) is 1.33. The van der Waals surface area contributed by atoms with Gasteiger partial charge < -0.3 is 4.57 Å². The number of nitrogens with zero attached hydrogens (tertiary/aromatic N) is 2. The van der Waals surface area contributed by atoms with Crippen LogP contribution in [0.5, 0.6) is 0 Å². The zero-order valence-corrected chi connectivity index (χ0v) is 8.69. The van der Waals surface area contributed by atoms with Gasteiger partial charge in [0.25, 0.3) is 5.56 Å². The van der Waals surface area contributed by atoms with Crippen molar-refractivity contribution in [2.75, 3.05) is 0 Å². The van der Waals surface area contributed by atoms with Gasteiger partial charge in [-0.05, 0) is 5.56 Å². The van der Waals surface area contributed by atoms with Crippen molar-refractivity contribution in [1.82, 2.24) is 9.55 Å². The first kappa shape index (κ1) is 9.93. The molecule has 0 aliphatic carbocycles. The summed E-state index contributed by atoms with van der Waals surface area (Å²) in [7, 11) is 0. The molecule has 1 aromatic heterocycles. The number of aromatic nitrogens is 2. The summed E-state index contributed by atoms with van der Waals surface area (Å²) in [6.07, 6.45) is 3.15. The second-order valence-corrected chi connectivity index (χ2v) is 3.49. The van der Waals surface area contributed by atoms with Gasteiger partial charge in [-0.2, -0.15) is 0 Å². The molecule has 0 unspecified atom stereocenters. The van der Waals surface area contributed by atoms with Crippen LogP contribution in [-0.4, -0.2) is 9.55 Å². The Morgan fingerprint density at radius 2 is 2.00 bits per heavy atom. The molecule has 3 nitrogen and oxygen atoms in total. The van der Waals surface area contributed by atoms with Crippen LogP contribution >= 0.6 is 11.6 Å². The number of rotatable bonds is 2. The third-order valence-corrected chi connectivity index (χ3v) is 2.33. The third-order valence-electron chi connectivity index (χ3n) is 2.07. The predicted molar refractivity (Wildman–Crippen MR) is 59.1 cm³/mol. The highest BCUT2D eigenvalue weighted by molar-refractivity contribution is 6.29. The van der Waals surface area contributed by atoms with Crippen molar-refractivity contribution in [3.05, 3.63) is 63.8 Å². The molecule has 0 aliphatic rings. The van der Waals surface area contributed by atoms with Crippen molar-refractivity contribution in [2.24, 2.45) is 0 Å². The van der Waals surface area contributed by atoms with E-state index in [9.17, 15) is 4.79 Å². The van der Waals surface area contributed by atoms with Crippen LogP contribution in [0.1, 0.15) is 5.56 Å². The summed E-state index contributed by atoms with van der Waals surface area (Å²) >= 11 is 5.64. The van der Waals surface area contributed by atoms with Crippen LogP contribution < -0.4 is 5.56 Å². The molecule has 0 aliphatic heterocycles. The summed E-state index contributed by atoms with van der Waals surface area (Å²) in [6, 6.07) is 9.72. The Kier molecular flexibility index (Phi) is 2.83. The molecule has 76 valence electrons. The Labute approximate surface area is 92.0 Å². The second kappa shape index (κ2) is 4.28. The van der Waals surface area contributed by atoms with Crippen molar-refractivity contribution < 1.29 is 0 Å². The van der Waals surface area contributed by atoms with Crippen LogP contribution in [0.15, 0.2) is 47.5 Å². The zero-order chi connectivity index (χ0) is 10.7. The Bertz CT molecular complexity index is 507. The van der Waals surface area contributed by atoms with Crippen LogP contribution in [0.4, 0.5) is 0 Å². The molecule has 1 heterocycles. The van der Waals surface area contributed by atoms with Crippen molar-refractivity contribution in [1.29, 1.82) is 0 Å². The highest BCUT2D eigenvalue weighted by Crippen LogP contribution is 2.01. The molecule has 0 saturated carbocycles. The molecule has 0 amide bonds. The van der Waals surface area contributed by atoms with Gasteiger partial charge in [-0.3, -0.25) is 4.79 Å². The van der Waals surface area contributed by atoms with Crippen molar-refractivity contribution in [3.63, 3.8) is 0 Å². The van der Waals surface area contributed by atoms with Crippen molar-refractivity contribution >= 4 is 11.6 Å². The lowest BCUT2D eigenvalue weighted by Crippen LogP contribution is -2.21. The maximum atomic E-state index is 11.5. The van der Waals surface area contributed by atoms with Crippen LogP contribution in [0.25, 0.3) is 0 Å². The van der Waals surface area contributed by atoms with Crippen molar-refractivity contribution in [2.45, 2.75) is 6.54 Å². The van der Waals surface area contributed by atoms with Crippen molar-refractivity contribution in [3.8, 4) is 0 Å². The SMILES string of the molecule is O=c1c(Cl)nccn1Cc1ccccc1. The van der Waals surface area contributed by atoms with E-state index in [1.54, 1.807) is 6.20 Å². The Hall–Kier alpha value is -1.61. The van der Waals surface area contributed by atoms with E-state index < -0.39 is 0 Å². The summed E-state index contributed by atoms with van der Waals surface area (Å²) in [5, 5.41) is 0.00781. The number of hydrogen-bond donors (Lipinski definition) is 0. The standard InChI is InChI=1S/C11H9ClN2O/c12-10-11(15)14(7-6-13-10)8-9-4-2-1-3-5-9/h1-7H,8H2.